The van der Waals surface area contributed by atoms with E-state index in [1.807, 2.05) is 12.1 Å². The zero-order valence-corrected chi connectivity index (χ0v) is 11.0. The fourth-order valence-corrected chi connectivity index (χ4v) is 3.50. The molecule has 1 fully saturated rings. The van der Waals surface area contributed by atoms with E-state index in [1.54, 1.807) is 11.8 Å². The molecule has 18 heavy (non-hydrogen) atoms. The summed E-state index contributed by atoms with van der Waals surface area (Å²) < 4.78 is 0. The summed E-state index contributed by atoms with van der Waals surface area (Å²) in [5.74, 6) is 0.107. The number of carbonyl (C=O) groups is 1. The van der Waals surface area contributed by atoms with Gasteiger partial charge in [-0.3, -0.25) is 4.79 Å². The van der Waals surface area contributed by atoms with Crippen molar-refractivity contribution in [2.24, 2.45) is 5.41 Å². The van der Waals surface area contributed by atoms with E-state index < -0.39 is 0 Å². The lowest BCUT2D eigenvalue weighted by Crippen LogP contribution is -2.37. The molecule has 1 aromatic rings. The second-order valence-electron chi connectivity index (χ2n) is 5.29. The molecule has 1 aliphatic heterocycles. The fraction of sp³-hybridized carbons (Fsp3) is 0.500. The van der Waals surface area contributed by atoms with Crippen molar-refractivity contribution >= 4 is 17.7 Å². The second-order valence-corrected chi connectivity index (χ2v) is 6.54. The Labute approximate surface area is 111 Å². The Morgan fingerprint density at radius 1 is 1.44 bits per heavy atom. The van der Waals surface area contributed by atoms with Gasteiger partial charge in [-0.2, -0.15) is 0 Å². The molecule has 0 bridgehead atoms. The number of aliphatic hydroxyl groups is 1. The molecule has 0 saturated heterocycles. The van der Waals surface area contributed by atoms with Gasteiger partial charge in [-0.25, -0.2) is 0 Å². The standard InChI is InChI=1S/C14H17NO2S/c16-9-14(5-6-14)8-15-13(17)12-7-10-3-1-2-4-11(10)18-12/h1-4,12,16H,5-9H2,(H,15,17). The number of thioether (sulfide) groups is 1. The summed E-state index contributed by atoms with van der Waals surface area (Å²) in [6, 6.07) is 8.19. The van der Waals surface area contributed by atoms with Gasteiger partial charge in [0, 0.05) is 16.9 Å². The molecule has 3 rings (SSSR count). The molecule has 1 aromatic carbocycles. The first kappa shape index (κ1) is 12.1. The molecule has 4 heteroatoms. The lowest BCUT2D eigenvalue weighted by atomic mass is 10.1. The highest BCUT2D eigenvalue weighted by Gasteiger charge is 2.42. The van der Waals surface area contributed by atoms with Crippen molar-refractivity contribution < 1.29 is 9.90 Å². The maximum absolute atomic E-state index is 12.1. The fourth-order valence-electron chi connectivity index (χ4n) is 2.28. The van der Waals surface area contributed by atoms with Crippen LogP contribution in [0.3, 0.4) is 0 Å². The number of rotatable bonds is 4. The van der Waals surface area contributed by atoms with Crippen LogP contribution < -0.4 is 5.32 Å². The Bertz CT molecular complexity index is 446. The molecule has 1 atom stereocenters. The molecule has 3 nitrogen and oxygen atoms in total. The van der Waals surface area contributed by atoms with Crippen molar-refractivity contribution in [2.75, 3.05) is 13.2 Å². The molecule has 2 N–H and O–H groups in total. The Balaban J connectivity index is 1.56. The third-order valence-corrected chi connectivity index (χ3v) is 5.19. The molecule has 0 spiro atoms. The van der Waals surface area contributed by atoms with Crippen LogP contribution in [0.25, 0.3) is 0 Å². The van der Waals surface area contributed by atoms with E-state index in [4.69, 9.17) is 0 Å². The average Bonchev–Trinajstić information content (AvgIpc) is 3.05. The van der Waals surface area contributed by atoms with Gasteiger partial charge in [0.25, 0.3) is 0 Å². The number of amides is 1. The summed E-state index contributed by atoms with van der Waals surface area (Å²) in [6.45, 7) is 0.807. The van der Waals surface area contributed by atoms with Gasteiger partial charge in [-0.1, -0.05) is 18.2 Å². The number of aliphatic hydroxyl groups excluding tert-OH is 1. The van der Waals surface area contributed by atoms with E-state index in [-0.39, 0.29) is 23.2 Å². The van der Waals surface area contributed by atoms with Crippen LogP contribution in [0.15, 0.2) is 29.2 Å². The second kappa shape index (κ2) is 4.59. The van der Waals surface area contributed by atoms with Gasteiger partial charge in [-0.15, -0.1) is 11.8 Å². The summed E-state index contributed by atoms with van der Waals surface area (Å²) in [4.78, 5) is 13.3. The van der Waals surface area contributed by atoms with Gasteiger partial charge in [0.2, 0.25) is 5.91 Å². The minimum absolute atomic E-state index is 0.00288. The number of hydrogen-bond donors (Lipinski definition) is 2. The summed E-state index contributed by atoms with van der Waals surface area (Å²) >= 11 is 1.65. The van der Waals surface area contributed by atoms with E-state index in [1.165, 1.54) is 10.5 Å². The molecule has 0 radical (unpaired) electrons. The monoisotopic (exact) mass is 263 g/mol. The first-order valence-electron chi connectivity index (χ1n) is 6.36. The van der Waals surface area contributed by atoms with E-state index in [2.05, 4.69) is 17.4 Å². The van der Waals surface area contributed by atoms with Crippen molar-refractivity contribution in [3.63, 3.8) is 0 Å². The van der Waals surface area contributed by atoms with Gasteiger partial charge in [0.05, 0.1) is 11.9 Å². The predicted molar refractivity (Wildman–Crippen MR) is 71.6 cm³/mol. The highest BCUT2D eigenvalue weighted by molar-refractivity contribution is 8.01. The van der Waals surface area contributed by atoms with Gasteiger partial charge in [-0.05, 0) is 30.9 Å². The lowest BCUT2D eigenvalue weighted by molar-refractivity contribution is -0.120. The Morgan fingerprint density at radius 3 is 2.89 bits per heavy atom. The summed E-state index contributed by atoms with van der Waals surface area (Å²) in [5, 5.41) is 12.2. The van der Waals surface area contributed by atoms with Crippen LogP contribution in [0.1, 0.15) is 18.4 Å². The van der Waals surface area contributed by atoms with Crippen LogP contribution in [0.2, 0.25) is 0 Å². The molecule has 0 aromatic heterocycles. The maximum atomic E-state index is 12.1. The van der Waals surface area contributed by atoms with Crippen LogP contribution >= 0.6 is 11.8 Å². The molecule has 1 unspecified atom stereocenters. The van der Waals surface area contributed by atoms with Crippen LogP contribution in [0.5, 0.6) is 0 Å². The third-order valence-electron chi connectivity index (χ3n) is 3.87. The normalized spacial score (nSPS) is 23.5. The Hall–Kier alpha value is -1.00. The molecule has 1 aliphatic carbocycles. The Morgan fingerprint density at radius 2 is 2.22 bits per heavy atom. The molecule has 1 heterocycles. The third kappa shape index (κ3) is 2.27. The number of fused-ring (bicyclic) bond motifs is 1. The maximum Gasteiger partial charge on any atom is 0.233 e. The minimum atomic E-state index is -0.00815. The first-order chi connectivity index (χ1) is 8.72. The SMILES string of the molecule is O=C(NCC1(CO)CC1)C1Cc2ccccc2S1. The predicted octanol–water partition coefficient (Wildman–Crippen LogP) is 1.59. The van der Waals surface area contributed by atoms with Gasteiger partial charge in [0.1, 0.15) is 0 Å². The summed E-state index contributed by atoms with van der Waals surface area (Å²) in [7, 11) is 0. The van der Waals surface area contributed by atoms with Crippen molar-refractivity contribution in [2.45, 2.75) is 29.4 Å². The van der Waals surface area contributed by atoms with Gasteiger partial charge < -0.3 is 10.4 Å². The average molecular weight is 263 g/mol. The zero-order chi connectivity index (χ0) is 12.6. The van der Waals surface area contributed by atoms with Crippen molar-refractivity contribution in [1.82, 2.24) is 5.32 Å². The molecule has 96 valence electrons. The highest BCUT2D eigenvalue weighted by atomic mass is 32.2. The van der Waals surface area contributed by atoms with Gasteiger partial charge in [0.15, 0.2) is 0 Å². The Kier molecular flexibility index (Phi) is 3.08. The molecule has 2 aliphatic rings. The quantitative estimate of drug-likeness (QED) is 0.867. The largest absolute Gasteiger partial charge is 0.396 e. The van der Waals surface area contributed by atoms with Crippen molar-refractivity contribution in [1.29, 1.82) is 0 Å². The topological polar surface area (TPSA) is 49.3 Å². The van der Waals surface area contributed by atoms with Crippen LogP contribution in [-0.2, 0) is 11.2 Å². The minimum Gasteiger partial charge on any atom is -0.396 e. The van der Waals surface area contributed by atoms with E-state index in [0.717, 1.165) is 19.3 Å². The molecular formula is C14H17NO2S. The van der Waals surface area contributed by atoms with Crippen LogP contribution in [0.4, 0.5) is 0 Å². The summed E-state index contributed by atoms with van der Waals surface area (Å²) in [5.41, 5.74) is 1.26. The van der Waals surface area contributed by atoms with E-state index in [0.29, 0.717) is 6.54 Å². The molecule has 1 saturated carbocycles. The number of carbonyl (C=O) groups excluding carboxylic acids is 1. The van der Waals surface area contributed by atoms with Crippen LogP contribution in [-0.4, -0.2) is 29.4 Å². The van der Waals surface area contributed by atoms with E-state index >= 15 is 0 Å². The zero-order valence-electron chi connectivity index (χ0n) is 10.2. The van der Waals surface area contributed by atoms with Gasteiger partial charge >= 0.3 is 0 Å². The number of nitrogens with one attached hydrogen (secondary N) is 1. The molecule has 1 amide bonds. The van der Waals surface area contributed by atoms with Crippen molar-refractivity contribution in [3.8, 4) is 0 Å². The number of benzene rings is 1. The number of hydrogen-bond acceptors (Lipinski definition) is 3. The van der Waals surface area contributed by atoms with E-state index in [9.17, 15) is 9.90 Å². The molecular weight excluding hydrogens is 246 g/mol. The van der Waals surface area contributed by atoms with Crippen LogP contribution in [0, 0.1) is 5.41 Å². The lowest BCUT2D eigenvalue weighted by Gasteiger charge is -2.15. The first-order valence-corrected chi connectivity index (χ1v) is 7.24. The smallest absolute Gasteiger partial charge is 0.233 e. The highest BCUT2D eigenvalue weighted by Crippen LogP contribution is 2.44. The van der Waals surface area contributed by atoms with Crippen molar-refractivity contribution in [3.05, 3.63) is 29.8 Å². The summed E-state index contributed by atoms with van der Waals surface area (Å²) in [6.07, 6.45) is 2.88.